The molecule has 1 aromatic carbocycles. The predicted molar refractivity (Wildman–Crippen MR) is 82.0 cm³/mol. The molecule has 0 spiro atoms. The largest absolute Gasteiger partial charge is 0.497 e. The smallest absolute Gasteiger partial charge is 0.373 e. The summed E-state index contributed by atoms with van der Waals surface area (Å²) in [6.07, 6.45) is 1.51. The fourth-order valence-electron chi connectivity index (χ4n) is 1.80. The van der Waals surface area contributed by atoms with Gasteiger partial charge in [0.1, 0.15) is 17.3 Å². The third-order valence-electron chi connectivity index (χ3n) is 2.96. The van der Waals surface area contributed by atoms with Gasteiger partial charge in [0, 0.05) is 5.56 Å². The molecule has 7 nitrogen and oxygen atoms in total. The van der Waals surface area contributed by atoms with Crippen LogP contribution in [0.15, 0.2) is 39.9 Å². The summed E-state index contributed by atoms with van der Waals surface area (Å²) in [6.45, 7) is 0.0831. The number of hydrogen-bond acceptors (Lipinski definition) is 7. The third kappa shape index (κ3) is 4.26. The van der Waals surface area contributed by atoms with Crippen molar-refractivity contribution in [3.05, 3.63) is 47.4 Å². The molecule has 1 aromatic heterocycles. The number of ether oxygens (including phenoxy) is 3. The van der Waals surface area contributed by atoms with Crippen molar-refractivity contribution >= 4 is 12.2 Å². The van der Waals surface area contributed by atoms with Crippen LogP contribution in [0.1, 0.15) is 21.9 Å². The van der Waals surface area contributed by atoms with Crippen molar-refractivity contribution in [3.63, 3.8) is 0 Å². The third-order valence-corrected chi connectivity index (χ3v) is 2.96. The van der Waals surface area contributed by atoms with Gasteiger partial charge in [-0.2, -0.15) is 0 Å². The summed E-state index contributed by atoms with van der Waals surface area (Å²) < 4.78 is 20.2. The molecular weight excluding hydrogens is 302 g/mol. The molecule has 2 aromatic rings. The second-order valence-electron chi connectivity index (χ2n) is 4.37. The first-order valence-corrected chi connectivity index (χ1v) is 6.72. The van der Waals surface area contributed by atoms with Crippen LogP contribution in [0.25, 0.3) is 0 Å². The van der Waals surface area contributed by atoms with Crippen LogP contribution in [0, 0.1) is 0 Å². The Kier molecular flexibility index (Phi) is 5.62. The molecule has 0 unspecified atom stereocenters. The number of carbonyl (C=O) groups excluding carboxylic acids is 1. The maximum Gasteiger partial charge on any atom is 0.373 e. The van der Waals surface area contributed by atoms with Gasteiger partial charge >= 0.3 is 5.97 Å². The molecule has 0 aliphatic rings. The van der Waals surface area contributed by atoms with Crippen molar-refractivity contribution in [2.75, 3.05) is 21.3 Å². The molecule has 0 aliphatic heterocycles. The Morgan fingerprint density at radius 2 is 2.00 bits per heavy atom. The Bertz CT molecular complexity index is 692. The van der Waals surface area contributed by atoms with E-state index < -0.39 is 5.97 Å². The van der Waals surface area contributed by atoms with Crippen molar-refractivity contribution in [2.24, 2.45) is 5.16 Å². The van der Waals surface area contributed by atoms with Crippen LogP contribution in [-0.2, 0) is 16.2 Å². The van der Waals surface area contributed by atoms with Crippen LogP contribution in [0.2, 0.25) is 0 Å². The number of hydrogen-bond donors (Lipinski definition) is 0. The lowest BCUT2D eigenvalue weighted by Crippen LogP contribution is -1.98. The number of furan rings is 1. The van der Waals surface area contributed by atoms with E-state index in [0.717, 1.165) is 0 Å². The summed E-state index contributed by atoms with van der Waals surface area (Å²) in [5.41, 5.74) is 0.710. The topological polar surface area (TPSA) is 79.5 Å². The first-order chi connectivity index (χ1) is 11.2. The molecule has 0 aliphatic carbocycles. The standard InChI is InChI=1S/C16H17NO6/c1-19-12-4-6-14(20-2)11(8-12)9-17-22-10-13-5-7-15(23-13)16(18)21-3/h4-9H,10H2,1-3H3/b17-9-. The van der Waals surface area contributed by atoms with Gasteiger partial charge in [-0.1, -0.05) is 5.16 Å². The van der Waals surface area contributed by atoms with Gasteiger partial charge in [0.2, 0.25) is 5.76 Å². The van der Waals surface area contributed by atoms with Crippen molar-refractivity contribution < 1.29 is 28.3 Å². The number of esters is 1. The lowest BCUT2D eigenvalue weighted by Gasteiger charge is -2.06. The second-order valence-corrected chi connectivity index (χ2v) is 4.37. The van der Waals surface area contributed by atoms with Gasteiger partial charge in [0.15, 0.2) is 6.61 Å². The maximum absolute atomic E-state index is 11.3. The zero-order chi connectivity index (χ0) is 16.7. The minimum atomic E-state index is -0.541. The summed E-state index contributed by atoms with van der Waals surface area (Å²) in [4.78, 5) is 16.4. The SMILES string of the molecule is COC(=O)c1ccc(CO/N=C\c2cc(OC)ccc2OC)o1. The number of methoxy groups -OCH3 is 3. The zero-order valence-electron chi connectivity index (χ0n) is 13.1. The maximum atomic E-state index is 11.3. The predicted octanol–water partition coefficient (Wildman–Crippen LogP) is 2.63. The molecule has 0 radical (unpaired) electrons. The summed E-state index contributed by atoms with van der Waals surface area (Å²) in [7, 11) is 4.43. The van der Waals surface area contributed by atoms with Crippen LogP contribution in [0.4, 0.5) is 0 Å². The minimum absolute atomic E-state index is 0.0831. The molecule has 7 heteroatoms. The highest BCUT2D eigenvalue weighted by Crippen LogP contribution is 2.22. The molecule has 0 N–H and O–H groups in total. The Labute approximate surface area is 133 Å². The van der Waals surface area contributed by atoms with Crippen LogP contribution >= 0.6 is 0 Å². The van der Waals surface area contributed by atoms with Crippen molar-refractivity contribution in [3.8, 4) is 11.5 Å². The highest BCUT2D eigenvalue weighted by molar-refractivity contribution is 5.86. The molecule has 0 bridgehead atoms. The highest BCUT2D eigenvalue weighted by atomic mass is 16.6. The van der Waals surface area contributed by atoms with Crippen molar-refractivity contribution in [1.82, 2.24) is 0 Å². The second kappa shape index (κ2) is 7.88. The lowest BCUT2D eigenvalue weighted by molar-refractivity contribution is 0.0553. The average Bonchev–Trinajstić information content (AvgIpc) is 3.06. The van der Waals surface area contributed by atoms with Crippen molar-refractivity contribution in [2.45, 2.75) is 6.61 Å². The molecule has 0 atom stereocenters. The van der Waals surface area contributed by atoms with Gasteiger partial charge in [0.05, 0.1) is 27.5 Å². The monoisotopic (exact) mass is 319 g/mol. The van der Waals surface area contributed by atoms with E-state index in [1.807, 2.05) is 0 Å². The molecule has 1 heterocycles. The molecule has 0 saturated carbocycles. The van der Waals surface area contributed by atoms with E-state index in [9.17, 15) is 4.79 Å². The van der Waals surface area contributed by atoms with Gasteiger partial charge in [-0.3, -0.25) is 0 Å². The van der Waals surface area contributed by atoms with Crippen molar-refractivity contribution in [1.29, 1.82) is 0 Å². The molecule has 0 saturated heterocycles. The minimum Gasteiger partial charge on any atom is -0.497 e. The zero-order valence-corrected chi connectivity index (χ0v) is 13.1. The molecule has 2 rings (SSSR count). The van der Waals surface area contributed by atoms with E-state index in [0.29, 0.717) is 22.8 Å². The van der Waals surface area contributed by atoms with Gasteiger partial charge in [0.25, 0.3) is 0 Å². The number of oxime groups is 1. The average molecular weight is 319 g/mol. The van der Waals surface area contributed by atoms with Gasteiger partial charge < -0.3 is 23.5 Å². The molecular formula is C16H17NO6. The normalized spacial score (nSPS) is 10.6. The molecule has 122 valence electrons. The lowest BCUT2D eigenvalue weighted by atomic mass is 10.2. The summed E-state index contributed by atoms with van der Waals surface area (Å²) >= 11 is 0. The number of nitrogens with zero attached hydrogens (tertiary/aromatic N) is 1. The van der Waals surface area contributed by atoms with E-state index in [4.69, 9.17) is 18.7 Å². The summed E-state index contributed by atoms with van der Waals surface area (Å²) in [5.74, 6) is 1.36. The summed E-state index contributed by atoms with van der Waals surface area (Å²) in [6, 6.07) is 8.46. The van der Waals surface area contributed by atoms with E-state index in [2.05, 4.69) is 9.89 Å². The summed E-state index contributed by atoms with van der Waals surface area (Å²) in [5, 5.41) is 3.86. The van der Waals surface area contributed by atoms with Crippen LogP contribution in [-0.4, -0.2) is 33.5 Å². The number of benzene rings is 1. The van der Waals surface area contributed by atoms with E-state index in [1.165, 1.54) is 19.4 Å². The first-order valence-electron chi connectivity index (χ1n) is 6.72. The quantitative estimate of drug-likeness (QED) is 0.443. The first kappa shape index (κ1) is 16.4. The Morgan fingerprint density at radius 3 is 2.70 bits per heavy atom. The molecule has 0 fully saturated rings. The van der Waals surface area contributed by atoms with E-state index in [1.54, 1.807) is 38.5 Å². The molecule has 23 heavy (non-hydrogen) atoms. The highest BCUT2D eigenvalue weighted by Gasteiger charge is 2.11. The molecule has 0 amide bonds. The van der Waals surface area contributed by atoms with Gasteiger partial charge in [-0.25, -0.2) is 4.79 Å². The van der Waals surface area contributed by atoms with Gasteiger partial charge in [-0.15, -0.1) is 0 Å². The van der Waals surface area contributed by atoms with E-state index in [-0.39, 0.29) is 12.4 Å². The fourth-order valence-corrected chi connectivity index (χ4v) is 1.80. The fraction of sp³-hybridized carbons (Fsp3) is 0.250. The Morgan fingerprint density at radius 1 is 1.17 bits per heavy atom. The number of carbonyl (C=O) groups is 1. The Balaban J connectivity index is 1.97. The van der Waals surface area contributed by atoms with Gasteiger partial charge in [-0.05, 0) is 30.3 Å². The Hall–Kier alpha value is -2.96. The van der Waals surface area contributed by atoms with Crippen LogP contribution in [0.3, 0.4) is 0 Å². The number of rotatable bonds is 7. The van der Waals surface area contributed by atoms with Crippen LogP contribution in [0.5, 0.6) is 11.5 Å². The van der Waals surface area contributed by atoms with E-state index >= 15 is 0 Å². The van der Waals surface area contributed by atoms with Crippen LogP contribution < -0.4 is 9.47 Å².